The van der Waals surface area contributed by atoms with Gasteiger partial charge in [0.05, 0.1) is 6.61 Å². The second-order valence-electron chi connectivity index (χ2n) is 2.94. The molecule has 0 spiro atoms. The zero-order chi connectivity index (χ0) is 9.68. The van der Waals surface area contributed by atoms with Crippen LogP contribution in [0.5, 0.6) is 0 Å². The van der Waals surface area contributed by atoms with Gasteiger partial charge in [-0.2, -0.15) is 0 Å². The van der Waals surface area contributed by atoms with Crippen molar-refractivity contribution in [3.05, 3.63) is 35.9 Å². The first-order chi connectivity index (χ1) is 6.20. The van der Waals surface area contributed by atoms with E-state index < -0.39 is 6.09 Å². The first-order valence-electron chi connectivity index (χ1n) is 4.17. The highest BCUT2D eigenvalue weighted by molar-refractivity contribution is 5.64. The first-order valence-corrected chi connectivity index (χ1v) is 4.17. The van der Waals surface area contributed by atoms with Gasteiger partial charge >= 0.3 is 6.09 Å². The number of hydrogen-bond acceptors (Lipinski definition) is 2. The lowest BCUT2D eigenvalue weighted by molar-refractivity contribution is 0.151. The van der Waals surface area contributed by atoms with Crippen LogP contribution in [0.4, 0.5) is 4.79 Å². The van der Waals surface area contributed by atoms with Gasteiger partial charge in [-0.1, -0.05) is 37.3 Å². The normalized spacial score (nSPS) is 12.1. The van der Waals surface area contributed by atoms with Crippen molar-refractivity contribution in [1.29, 1.82) is 0 Å². The molecule has 0 saturated carbocycles. The lowest BCUT2D eigenvalue weighted by atomic mass is 10.0. The minimum atomic E-state index is -0.720. The number of hydrogen-bond donors (Lipinski definition) is 1. The number of nitrogens with two attached hydrogens (primary N) is 1. The molecule has 1 amide bonds. The predicted octanol–water partition coefficient (Wildman–Crippen LogP) is 1.89. The fraction of sp³-hybridized carbons (Fsp3) is 0.300. The lowest BCUT2D eigenvalue weighted by Gasteiger charge is -2.10. The smallest absolute Gasteiger partial charge is 0.404 e. The Labute approximate surface area is 77.5 Å². The van der Waals surface area contributed by atoms with Gasteiger partial charge in [0.2, 0.25) is 0 Å². The van der Waals surface area contributed by atoms with Crippen molar-refractivity contribution in [3.8, 4) is 0 Å². The Morgan fingerprint density at radius 2 is 2.08 bits per heavy atom. The number of ether oxygens (including phenoxy) is 1. The average molecular weight is 179 g/mol. The molecule has 2 N–H and O–H groups in total. The van der Waals surface area contributed by atoms with Crippen LogP contribution in [0.3, 0.4) is 0 Å². The monoisotopic (exact) mass is 179 g/mol. The van der Waals surface area contributed by atoms with Crippen LogP contribution in [0.1, 0.15) is 18.4 Å². The second-order valence-corrected chi connectivity index (χ2v) is 2.94. The van der Waals surface area contributed by atoms with Gasteiger partial charge in [0.25, 0.3) is 0 Å². The summed E-state index contributed by atoms with van der Waals surface area (Å²) in [6, 6.07) is 9.85. The van der Waals surface area contributed by atoms with Crippen LogP contribution in [0.15, 0.2) is 30.3 Å². The van der Waals surface area contributed by atoms with E-state index in [1.165, 1.54) is 0 Å². The van der Waals surface area contributed by atoms with E-state index in [2.05, 4.69) is 0 Å². The highest BCUT2D eigenvalue weighted by Gasteiger charge is 2.06. The minimum absolute atomic E-state index is 0.189. The maximum atomic E-state index is 10.3. The van der Waals surface area contributed by atoms with Crippen molar-refractivity contribution in [1.82, 2.24) is 0 Å². The summed E-state index contributed by atoms with van der Waals surface area (Å²) in [5.41, 5.74) is 6.00. The van der Waals surface area contributed by atoms with Crippen LogP contribution >= 0.6 is 0 Å². The molecule has 0 fully saturated rings. The molecule has 1 rings (SSSR count). The fourth-order valence-electron chi connectivity index (χ4n) is 1.08. The molecule has 0 aromatic heterocycles. The molecule has 1 aromatic carbocycles. The molecule has 0 unspecified atom stereocenters. The third-order valence-electron chi connectivity index (χ3n) is 1.84. The van der Waals surface area contributed by atoms with E-state index in [1.807, 2.05) is 37.3 Å². The van der Waals surface area contributed by atoms with Crippen LogP contribution in [0.2, 0.25) is 0 Å². The van der Waals surface area contributed by atoms with E-state index in [-0.39, 0.29) is 5.92 Å². The van der Waals surface area contributed by atoms with Gasteiger partial charge in [-0.3, -0.25) is 0 Å². The summed E-state index contributed by atoms with van der Waals surface area (Å²) in [6.45, 7) is 2.32. The molecule has 0 bridgehead atoms. The Hall–Kier alpha value is -1.51. The maximum Gasteiger partial charge on any atom is 0.404 e. The zero-order valence-corrected chi connectivity index (χ0v) is 7.57. The van der Waals surface area contributed by atoms with Gasteiger partial charge in [-0.25, -0.2) is 4.79 Å². The van der Waals surface area contributed by atoms with Crippen LogP contribution in [0.25, 0.3) is 0 Å². The van der Waals surface area contributed by atoms with Gasteiger partial charge in [0.1, 0.15) is 0 Å². The largest absolute Gasteiger partial charge is 0.449 e. The number of primary amides is 1. The van der Waals surface area contributed by atoms with Gasteiger partial charge < -0.3 is 10.5 Å². The third-order valence-corrected chi connectivity index (χ3v) is 1.84. The van der Waals surface area contributed by atoms with Gasteiger partial charge in [0, 0.05) is 5.92 Å². The highest BCUT2D eigenvalue weighted by Crippen LogP contribution is 2.14. The molecule has 0 radical (unpaired) electrons. The molecular weight excluding hydrogens is 166 g/mol. The van der Waals surface area contributed by atoms with Gasteiger partial charge in [-0.15, -0.1) is 0 Å². The summed E-state index contributed by atoms with van der Waals surface area (Å²) >= 11 is 0. The van der Waals surface area contributed by atoms with E-state index >= 15 is 0 Å². The molecule has 3 heteroatoms. The molecule has 0 aliphatic rings. The first kappa shape index (κ1) is 9.58. The second kappa shape index (κ2) is 4.50. The molecule has 13 heavy (non-hydrogen) atoms. The molecule has 1 aromatic rings. The van der Waals surface area contributed by atoms with E-state index in [0.29, 0.717) is 6.61 Å². The number of benzene rings is 1. The molecule has 0 heterocycles. The van der Waals surface area contributed by atoms with Crippen molar-refractivity contribution in [2.45, 2.75) is 12.8 Å². The number of carbonyl (C=O) groups excluding carboxylic acids is 1. The number of amides is 1. The Balaban J connectivity index is 2.49. The molecule has 1 atom stereocenters. The van der Waals surface area contributed by atoms with Crippen molar-refractivity contribution in [2.24, 2.45) is 5.73 Å². The summed E-state index contributed by atoms with van der Waals surface area (Å²) in [6.07, 6.45) is -0.720. The van der Waals surface area contributed by atoms with Crippen LogP contribution in [-0.2, 0) is 4.74 Å². The topological polar surface area (TPSA) is 52.3 Å². The van der Waals surface area contributed by atoms with Crippen LogP contribution in [0, 0.1) is 0 Å². The third kappa shape index (κ3) is 3.15. The molecule has 70 valence electrons. The quantitative estimate of drug-likeness (QED) is 0.770. The molecular formula is C10H13NO2. The van der Waals surface area contributed by atoms with E-state index in [1.54, 1.807) is 0 Å². The standard InChI is InChI=1S/C10H13NO2/c1-8(7-13-10(11)12)9-5-3-2-4-6-9/h2-6,8H,7H2,1H3,(H2,11,12)/t8-/m1/s1. The summed E-state index contributed by atoms with van der Waals surface area (Å²) in [7, 11) is 0. The van der Waals surface area contributed by atoms with Crippen molar-refractivity contribution < 1.29 is 9.53 Å². The van der Waals surface area contributed by atoms with Crippen molar-refractivity contribution in [2.75, 3.05) is 6.61 Å². The Kier molecular flexibility index (Phi) is 3.31. The van der Waals surface area contributed by atoms with Crippen molar-refractivity contribution >= 4 is 6.09 Å². The SMILES string of the molecule is C[C@H](COC(N)=O)c1ccccc1. The maximum absolute atomic E-state index is 10.3. The fourth-order valence-corrected chi connectivity index (χ4v) is 1.08. The average Bonchev–Trinajstić information content (AvgIpc) is 2.15. The Morgan fingerprint density at radius 3 is 2.62 bits per heavy atom. The number of rotatable bonds is 3. The molecule has 0 aliphatic heterocycles. The highest BCUT2D eigenvalue weighted by atomic mass is 16.5. The summed E-state index contributed by atoms with van der Waals surface area (Å²) in [5, 5.41) is 0. The molecule has 3 nitrogen and oxygen atoms in total. The van der Waals surface area contributed by atoms with E-state index in [4.69, 9.17) is 10.5 Å². The van der Waals surface area contributed by atoms with Gasteiger partial charge in [0.15, 0.2) is 0 Å². The van der Waals surface area contributed by atoms with E-state index in [0.717, 1.165) is 5.56 Å². The van der Waals surface area contributed by atoms with Crippen molar-refractivity contribution in [3.63, 3.8) is 0 Å². The summed E-state index contributed by atoms with van der Waals surface area (Å²) in [5.74, 6) is 0.189. The molecule has 0 aliphatic carbocycles. The number of carbonyl (C=O) groups is 1. The zero-order valence-electron chi connectivity index (χ0n) is 7.57. The summed E-state index contributed by atoms with van der Waals surface area (Å²) < 4.78 is 4.70. The predicted molar refractivity (Wildman–Crippen MR) is 50.4 cm³/mol. The molecule has 0 saturated heterocycles. The van der Waals surface area contributed by atoms with E-state index in [9.17, 15) is 4.79 Å². The lowest BCUT2D eigenvalue weighted by Crippen LogP contribution is -2.16. The Bertz CT molecular complexity index is 272. The van der Waals surface area contributed by atoms with Crippen LogP contribution in [-0.4, -0.2) is 12.7 Å². The Morgan fingerprint density at radius 1 is 1.46 bits per heavy atom. The minimum Gasteiger partial charge on any atom is -0.449 e. The summed E-state index contributed by atoms with van der Waals surface area (Å²) in [4.78, 5) is 10.3. The van der Waals surface area contributed by atoms with Crippen LogP contribution < -0.4 is 5.73 Å². The van der Waals surface area contributed by atoms with Gasteiger partial charge in [-0.05, 0) is 5.56 Å².